The highest BCUT2D eigenvalue weighted by Gasteiger charge is 2.15. The van der Waals surface area contributed by atoms with Gasteiger partial charge in [0, 0.05) is 43.4 Å². The second kappa shape index (κ2) is 9.78. The number of halogens is 1. The van der Waals surface area contributed by atoms with Crippen LogP contribution in [0.25, 0.3) is 6.08 Å². The van der Waals surface area contributed by atoms with Gasteiger partial charge in [0.25, 0.3) is 0 Å². The molecule has 148 valence electrons. The van der Waals surface area contributed by atoms with E-state index in [1.807, 2.05) is 12.1 Å². The second-order valence-electron chi connectivity index (χ2n) is 7.57. The lowest BCUT2D eigenvalue weighted by molar-refractivity contribution is 0.284. The summed E-state index contributed by atoms with van der Waals surface area (Å²) in [7, 11) is 0. The molecule has 0 radical (unpaired) electrons. The van der Waals surface area contributed by atoms with Crippen molar-refractivity contribution in [2.45, 2.75) is 6.42 Å². The third kappa shape index (κ3) is 5.72. The lowest BCUT2D eigenvalue weighted by atomic mass is 10.0. The van der Waals surface area contributed by atoms with Crippen LogP contribution in [-0.2, 0) is 6.42 Å². The zero-order chi connectivity index (χ0) is 19.9. The van der Waals surface area contributed by atoms with Crippen LogP contribution in [0.2, 0.25) is 5.02 Å². The third-order valence-electron chi connectivity index (χ3n) is 5.47. The van der Waals surface area contributed by atoms with Crippen molar-refractivity contribution >= 4 is 23.4 Å². The lowest BCUT2D eigenvalue weighted by Gasteiger charge is -2.35. The normalized spacial score (nSPS) is 15.1. The van der Waals surface area contributed by atoms with Gasteiger partial charge in [-0.2, -0.15) is 0 Å². The Bertz CT molecular complexity index is 909. The van der Waals surface area contributed by atoms with Crippen molar-refractivity contribution in [3.63, 3.8) is 0 Å². The molecule has 1 aliphatic rings. The van der Waals surface area contributed by atoms with E-state index in [1.54, 1.807) is 0 Å². The molecular formula is C26H27ClN2. The highest BCUT2D eigenvalue weighted by Crippen LogP contribution is 2.16. The molecule has 0 spiro atoms. The van der Waals surface area contributed by atoms with E-state index in [1.165, 1.54) is 22.4 Å². The summed E-state index contributed by atoms with van der Waals surface area (Å²) in [4.78, 5) is 4.99. The van der Waals surface area contributed by atoms with E-state index < -0.39 is 0 Å². The minimum absolute atomic E-state index is 0.788. The van der Waals surface area contributed by atoms with E-state index in [0.29, 0.717) is 0 Å². The van der Waals surface area contributed by atoms with Crippen LogP contribution in [-0.4, -0.2) is 37.6 Å². The van der Waals surface area contributed by atoms with Gasteiger partial charge < -0.3 is 4.90 Å². The molecule has 3 heteroatoms. The second-order valence-corrected chi connectivity index (χ2v) is 8.01. The smallest absolute Gasteiger partial charge is 0.0406 e. The summed E-state index contributed by atoms with van der Waals surface area (Å²) in [6, 6.07) is 27.6. The first-order valence-corrected chi connectivity index (χ1v) is 10.7. The van der Waals surface area contributed by atoms with E-state index in [-0.39, 0.29) is 0 Å². The number of rotatable bonds is 6. The van der Waals surface area contributed by atoms with Gasteiger partial charge in [0.15, 0.2) is 0 Å². The number of benzene rings is 3. The summed E-state index contributed by atoms with van der Waals surface area (Å²) in [5.41, 5.74) is 5.20. The summed E-state index contributed by atoms with van der Waals surface area (Å²) in [6.45, 7) is 5.42. The summed E-state index contributed by atoms with van der Waals surface area (Å²) in [6.07, 6.45) is 5.45. The molecule has 29 heavy (non-hydrogen) atoms. The fraction of sp³-hybridized carbons (Fsp3) is 0.231. The van der Waals surface area contributed by atoms with Crippen molar-refractivity contribution in [1.82, 2.24) is 4.90 Å². The number of piperazine rings is 1. The largest absolute Gasteiger partial charge is 0.369 e. The van der Waals surface area contributed by atoms with Gasteiger partial charge in [-0.3, -0.25) is 4.90 Å². The van der Waals surface area contributed by atoms with Gasteiger partial charge >= 0.3 is 0 Å². The summed E-state index contributed by atoms with van der Waals surface area (Å²) in [5, 5.41) is 0.788. The van der Waals surface area contributed by atoms with Gasteiger partial charge in [0.2, 0.25) is 0 Å². The van der Waals surface area contributed by atoms with Crippen LogP contribution in [0.15, 0.2) is 84.9 Å². The van der Waals surface area contributed by atoms with Crippen molar-refractivity contribution < 1.29 is 0 Å². The Morgan fingerprint density at radius 2 is 1.34 bits per heavy atom. The number of anilines is 1. The predicted octanol–water partition coefficient (Wildman–Crippen LogP) is 5.77. The van der Waals surface area contributed by atoms with Crippen LogP contribution in [0, 0.1) is 0 Å². The molecule has 0 aromatic heterocycles. The first-order valence-electron chi connectivity index (χ1n) is 10.3. The topological polar surface area (TPSA) is 6.48 Å². The molecule has 0 atom stereocenters. The average Bonchev–Trinajstić information content (AvgIpc) is 2.78. The van der Waals surface area contributed by atoms with E-state index >= 15 is 0 Å². The molecule has 1 saturated heterocycles. The molecule has 2 nitrogen and oxygen atoms in total. The van der Waals surface area contributed by atoms with Gasteiger partial charge in [-0.25, -0.2) is 0 Å². The van der Waals surface area contributed by atoms with E-state index in [0.717, 1.165) is 44.2 Å². The molecule has 3 aromatic rings. The molecule has 1 aliphatic heterocycles. The Kier molecular flexibility index (Phi) is 6.66. The fourth-order valence-electron chi connectivity index (χ4n) is 3.75. The van der Waals surface area contributed by atoms with Crippen LogP contribution in [0.4, 0.5) is 5.69 Å². The van der Waals surface area contributed by atoms with Crippen molar-refractivity contribution in [3.05, 3.63) is 107 Å². The molecule has 0 aliphatic carbocycles. The Morgan fingerprint density at radius 3 is 2.00 bits per heavy atom. The summed E-state index contributed by atoms with van der Waals surface area (Å²) in [5.74, 6) is 0. The van der Waals surface area contributed by atoms with Crippen LogP contribution in [0.1, 0.15) is 16.7 Å². The zero-order valence-electron chi connectivity index (χ0n) is 16.7. The quantitative estimate of drug-likeness (QED) is 0.516. The molecule has 3 aromatic carbocycles. The van der Waals surface area contributed by atoms with Gasteiger partial charge in [-0.05, 0) is 47.4 Å². The Labute approximate surface area is 179 Å². The minimum Gasteiger partial charge on any atom is -0.369 e. The maximum absolute atomic E-state index is 5.96. The molecule has 1 fully saturated rings. The molecule has 0 N–H and O–H groups in total. The fourth-order valence-corrected chi connectivity index (χ4v) is 3.88. The van der Waals surface area contributed by atoms with Gasteiger partial charge in [0.05, 0.1) is 0 Å². The van der Waals surface area contributed by atoms with Crippen LogP contribution in [0.3, 0.4) is 0 Å². The maximum atomic E-state index is 5.96. The number of nitrogens with zero attached hydrogens (tertiary/aromatic N) is 2. The van der Waals surface area contributed by atoms with Crippen LogP contribution >= 0.6 is 11.6 Å². The summed E-state index contributed by atoms with van der Waals surface area (Å²) >= 11 is 5.96. The maximum Gasteiger partial charge on any atom is 0.0406 e. The Hall–Kier alpha value is -2.55. The van der Waals surface area contributed by atoms with E-state index in [4.69, 9.17) is 11.6 Å². The first-order chi connectivity index (χ1) is 14.3. The monoisotopic (exact) mass is 402 g/mol. The SMILES string of the molecule is Clc1ccc(Cc2ccc(C=CCN3CCN(c4ccccc4)CC3)cc2)cc1. The van der Waals surface area contributed by atoms with Crippen molar-refractivity contribution in [2.24, 2.45) is 0 Å². The van der Waals surface area contributed by atoms with Crippen molar-refractivity contribution in [2.75, 3.05) is 37.6 Å². The molecule has 4 rings (SSSR count). The molecule has 0 amide bonds. The number of hydrogen-bond acceptors (Lipinski definition) is 2. The van der Waals surface area contributed by atoms with Gasteiger partial charge in [-0.15, -0.1) is 0 Å². The van der Waals surface area contributed by atoms with Crippen molar-refractivity contribution in [3.8, 4) is 0 Å². The molecule has 0 bridgehead atoms. The Morgan fingerprint density at radius 1 is 0.724 bits per heavy atom. The Balaban J connectivity index is 1.24. The third-order valence-corrected chi connectivity index (χ3v) is 5.72. The standard InChI is InChI=1S/C26H27ClN2/c27-25-14-12-24(13-15-25)21-23-10-8-22(9-11-23)5-4-16-28-17-19-29(20-18-28)26-6-2-1-3-7-26/h1-15H,16-21H2. The predicted molar refractivity (Wildman–Crippen MR) is 125 cm³/mol. The van der Waals surface area contributed by atoms with E-state index in [2.05, 4.69) is 88.7 Å². The van der Waals surface area contributed by atoms with Gasteiger partial charge in [0.1, 0.15) is 0 Å². The lowest BCUT2D eigenvalue weighted by Crippen LogP contribution is -2.46. The van der Waals surface area contributed by atoms with Crippen LogP contribution in [0.5, 0.6) is 0 Å². The molecule has 0 unspecified atom stereocenters. The average molecular weight is 403 g/mol. The van der Waals surface area contributed by atoms with Crippen LogP contribution < -0.4 is 4.90 Å². The highest BCUT2D eigenvalue weighted by atomic mass is 35.5. The number of hydrogen-bond donors (Lipinski definition) is 0. The first kappa shape index (κ1) is 19.8. The molecular weight excluding hydrogens is 376 g/mol. The summed E-state index contributed by atoms with van der Waals surface area (Å²) < 4.78 is 0. The zero-order valence-corrected chi connectivity index (χ0v) is 17.4. The number of para-hydroxylation sites is 1. The van der Waals surface area contributed by atoms with Gasteiger partial charge in [-0.1, -0.05) is 78.4 Å². The highest BCUT2D eigenvalue weighted by molar-refractivity contribution is 6.30. The minimum atomic E-state index is 0.788. The molecule has 1 heterocycles. The van der Waals surface area contributed by atoms with E-state index in [9.17, 15) is 0 Å². The van der Waals surface area contributed by atoms with Crippen molar-refractivity contribution in [1.29, 1.82) is 0 Å². The molecule has 0 saturated carbocycles.